The monoisotopic (exact) mass is 350 g/mol. The van der Waals surface area contributed by atoms with Gasteiger partial charge in [-0.15, -0.1) is 0 Å². The van der Waals surface area contributed by atoms with Crippen LogP contribution in [0.15, 0.2) is 17.9 Å². The zero-order chi connectivity index (χ0) is 17.9. The minimum absolute atomic E-state index is 0.140. The van der Waals surface area contributed by atoms with E-state index in [0.29, 0.717) is 17.9 Å². The van der Waals surface area contributed by atoms with Crippen molar-refractivity contribution in [3.8, 4) is 0 Å². The third kappa shape index (κ3) is 4.35. The lowest BCUT2D eigenvalue weighted by Gasteiger charge is -2.33. The first-order valence-corrected chi connectivity index (χ1v) is 9.92. The van der Waals surface area contributed by atoms with Crippen LogP contribution in [0.25, 0.3) is 5.57 Å². The van der Waals surface area contributed by atoms with Crippen molar-refractivity contribution in [3.05, 3.63) is 40.1 Å². The summed E-state index contributed by atoms with van der Waals surface area (Å²) in [5.74, 6) is 2.67. The molecule has 0 aromatic heterocycles. The maximum Gasteiger partial charge on any atom is 0.185 e. The Morgan fingerprint density at radius 3 is 2.42 bits per heavy atom. The van der Waals surface area contributed by atoms with Crippen LogP contribution in [0.2, 0.25) is 0 Å². The van der Waals surface area contributed by atoms with Gasteiger partial charge >= 0.3 is 0 Å². The van der Waals surface area contributed by atoms with Crippen molar-refractivity contribution in [3.63, 3.8) is 0 Å². The predicted octanol–water partition coefficient (Wildman–Crippen LogP) is 4.77. The molecule has 3 unspecified atom stereocenters. The fraction of sp³-hybridized carbons (Fsp3) is 0.600. The number of hydrogen-bond donors (Lipinski definition) is 2. The van der Waals surface area contributed by atoms with Crippen LogP contribution in [0.4, 0.5) is 0 Å². The van der Waals surface area contributed by atoms with Crippen LogP contribution < -0.4 is 0 Å². The van der Waals surface area contributed by atoms with E-state index in [-0.39, 0.29) is 11.9 Å². The van der Waals surface area contributed by atoms with Crippen LogP contribution >= 0.6 is 11.8 Å². The molecule has 1 heterocycles. The summed E-state index contributed by atoms with van der Waals surface area (Å²) in [6.07, 6.45) is 0.418. The lowest BCUT2D eigenvalue weighted by molar-refractivity contribution is -0.123. The summed E-state index contributed by atoms with van der Waals surface area (Å²) in [6, 6.07) is 4.15. The van der Waals surface area contributed by atoms with Crippen LogP contribution in [0.5, 0.6) is 0 Å². The number of thioether (sulfide) groups is 1. The van der Waals surface area contributed by atoms with Crippen LogP contribution in [-0.2, 0) is 4.74 Å². The molecule has 1 aromatic carbocycles. The molecule has 0 saturated heterocycles. The lowest BCUT2D eigenvalue weighted by Crippen LogP contribution is -2.35. The Labute approximate surface area is 150 Å². The maximum absolute atomic E-state index is 10.6. The molecule has 4 heteroatoms. The largest absolute Gasteiger partial charge is 0.512 e. The van der Waals surface area contributed by atoms with Gasteiger partial charge in [0.1, 0.15) is 5.76 Å². The molecule has 1 aliphatic heterocycles. The van der Waals surface area contributed by atoms with Gasteiger partial charge in [0, 0.05) is 6.42 Å². The molecule has 0 radical (unpaired) electrons. The highest BCUT2D eigenvalue weighted by Crippen LogP contribution is 2.37. The summed E-state index contributed by atoms with van der Waals surface area (Å²) in [4.78, 5) is 0. The molecule has 0 bridgehead atoms. The zero-order valence-corrected chi connectivity index (χ0v) is 16.2. The summed E-state index contributed by atoms with van der Waals surface area (Å²) in [5.41, 5.74) is 4.75. The van der Waals surface area contributed by atoms with E-state index in [1.807, 2.05) is 25.6 Å². The van der Waals surface area contributed by atoms with Crippen molar-refractivity contribution in [1.82, 2.24) is 0 Å². The minimum atomic E-state index is -1.07. The van der Waals surface area contributed by atoms with Crippen LogP contribution in [-0.4, -0.2) is 34.1 Å². The average Bonchev–Trinajstić information content (AvgIpc) is 2.48. The molecule has 2 rings (SSSR count). The molecule has 0 spiro atoms. The van der Waals surface area contributed by atoms with E-state index in [9.17, 15) is 10.2 Å². The van der Waals surface area contributed by atoms with Crippen molar-refractivity contribution < 1.29 is 14.9 Å². The minimum Gasteiger partial charge on any atom is -0.512 e. The fourth-order valence-corrected chi connectivity index (χ4v) is 4.50. The molecule has 134 valence electrons. The van der Waals surface area contributed by atoms with Gasteiger partial charge in [-0.2, -0.15) is 11.8 Å². The number of benzene rings is 1. The average molecular weight is 351 g/mol. The number of rotatable bonds is 6. The maximum atomic E-state index is 10.6. The quantitative estimate of drug-likeness (QED) is 0.726. The fourth-order valence-electron chi connectivity index (χ4n) is 3.45. The third-order valence-corrected chi connectivity index (χ3v) is 6.02. The summed E-state index contributed by atoms with van der Waals surface area (Å²) in [6.45, 7) is 10.4. The zero-order valence-electron chi connectivity index (χ0n) is 15.4. The highest BCUT2D eigenvalue weighted by molar-refractivity contribution is 7.99. The van der Waals surface area contributed by atoms with Gasteiger partial charge in [-0.05, 0) is 61.3 Å². The second-order valence-corrected chi connectivity index (χ2v) is 8.07. The Balaban J connectivity index is 2.23. The van der Waals surface area contributed by atoms with E-state index in [4.69, 9.17) is 4.74 Å². The second kappa shape index (κ2) is 8.41. The van der Waals surface area contributed by atoms with Gasteiger partial charge in [-0.3, -0.25) is 0 Å². The Hall–Kier alpha value is -0.970. The smallest absolute Gasteiger partial charge is 0.185 e. The Morgan fingerprint density at radius 2 is 1.88 bits per heavy atom. The first-order chi connectivity index (χ1) is 11.3. The Bertz CT molecular complexity index is 586. The van der Waals surface area contributed by atoms with E-state index >= 15 is 0 Å². The molecule has 2 N–H and O–H groups in total. The summed E-state index contributed by atoms with van der Waals surface area (Å²) >= 11 is 1.90. The first kappa shape index (κ1) is 19.4. The highest BCUT2D eigenvalue weighted by Gasteiger charge is 2.33. The molecule has 1 aliphatic rings. The van der Waals surface area contributed by atoms with Crippen LogP contribution in [0, 0.1) is 26.7 Å². The number of ether oxygens (including phenoxy) is 1. The number of hydrogen-bond acceptors (Lipinski definition) is 4. The van der Waals surface area contributed by atoms with Crippen LogP contribution in [0.3, 0.4) is 0 Å². The van der Waals surface area contributed by atoms with E-state index in [1.54, 1.807) is 0 Å². The normalized spacial score (nSPS) is 22.8. The van der Waals surface area contributed by atoms with Gasteiger partial charge in [-0.1, -0.05) is 31.5 Å². The SMILES string of the molecule is CCCSCC(C)C1CC(O)=C(c2c(C)cc(C)cc2C)C(O)O1. The van der Waals surface area contributed by atoms with E-state index in [2.05, 4.69) is 32.9 Å². The summed E-state index contributed by atoms with van der Waals surface area (Å²) in [5, 5.41) is 21.2. The standard InChI is InChI=1S/C20H30O3S/c1-6-7-24-11-15(5)17-10-16(21)19(20(22)23-17)18-13(3)8-12(2)9-14(18)4/h8-9,15,17,20-22H,6-7,10-11H2,1-5H3. The number of aliphatic hydroxyl groups is 2. The molecule has 0 aliphatic carbocycles. The number of aryl methyl sites for hydroxylation is 3. The van der Waals surface area contributed by atoms with Gasteiger partial charge in [0.2, 0.25) is 0 Å². The van der Waals surface area contributed by atoms with Crippen molar-refractivity contribution in [2.24, 2.45) is 5.92 Å². The van der Waals surface area contributed by atoms with E-state index < -0.39 is 6.29 Å². The van der Waals surface area contributed by atoms with Gasteiger partial charge in [-0.25, -0.2) is 0 Å². The third-order valence-electron chi connectivity index (χ3n) is 4.57. The predicted molar refractivity (Wildman–Crippen MR) is 102 cm³/mol. The molecule has 0 fully saturated rings. The lowest BCUT2D eigenvalue weighted by atomic mass is 9.89. The highest BCUT2D eigenvalue weighted by atomic mass is 32.2. The van der Waals surface area contributed by atoms with E-state index in [0.717, 1.165) is 34.6 Å². The van der Waals surface area contributed by atoms with Gasteiger partial charge in [0.25, 0.3) is 0 Å². The first-order valence-electron chi connectivity index (χ1n) is 8.76. The van der Waals surface area contributed by atoms with Crippen molar-refractivity contribution in [1.29, 1.82) is 0 Å². The van der Waals surface area contributed by atoms with Crippen LogP contribution in [0.1, 0.15) is 48.9 Å². The molecule has 3 nitrogen and oxygen atoms in total. The molecule has 0 amide bonds. The van der Waals surface area contributed by atoms with Gasteiger partial charge in [0.05, 0.1) is 11.7 Å². The Morgan fingerprint density at radius 1 is 1.25 bits per heavy atom. The molecular formula is C20H30O3S. The number of aliphatic hydroxyl groups excluding tert-OH is 2. The molecule has 1 aromatic rings. The van der Waals surface area contributed by atoms with Crippen molar-refractivity contribution in [2.75, 3.05) is 11.5 Å². The van der Waals surface area contributed by atoms with Gasteiger partial charge < -0.3 is 14.9 Å². The topological polar surface area (TPSA) is 49.7 Å². The summed E-state index contributed by atoms with van der Waals surface area (Å²) < 4.78 is 5.88. The molecule has 24 heavy (non-hydrogen) atoms. The van der Waals surface area contributed by atoms with Crippen molar-refractivity contribution in [2.45, 2.75) is 59.9 Å². The summed E-state index contributed by atoms with van der Waals surface area (Å²) in [7, 11) is 0. The molecule has 3 atom stereocenters. The van der Waals surface area contributed by atoms with E-state index in [1.165, 1.54) is 5.56 Å². The van der Waals surface area contributed by atoms with Gasteiger partial charge in [0.15, 0.2) is 6.29 Å². The van der Waals surface area contributed by atoms with Crippen molar-refractivity contribution >= 4 is 17.3 Å². The Kier molecular flexibility index (Phi) is 6.79. The molecular weight excluding hydrogens is 320 g/mol. The second-order valence-electron chi connectivity index (χ2n) is 6.92. The molecule has 0 saturated carbocycles.